The topological polar surface area (TPSA) is 70.9 Å². The van der Waals surface area contributed by atoms with Crippen LogP contribution < -0.4 is 0 Å². The van der Waals surface area contributed by atoms with Gasteiger partial charge in [0.2, 0.25) is 0 Å². The molecule has 0 bridgehead atoms. The molecule has 0 aliphatic heterocycles. The van der Waals surface area contributed by atoms with Crippen molar-refractivity contribution in [1.29, 1.82) is 0 Å². The van der Waals surface area contributed by atoms with E-state index in [1.807, 2.05) is 0 Å². The van der Waals surface area contributed by atoms with Crippen LogP contribution in [0.4, 0.5) is 13.2 Å². The molecule has 0 radical (unpaired) electrons. The molecule has 3 rings (SSSR count). The van der Waals surface area contributed by atoms with Crippen LogP contribution in [-0.2, 0) is 11.0 Å². The molecule has 126 valence electrons. The number of carboxylic acid groups (broad SMARTS) is 1. The molecule has 5 nitrogen and oxygen atoms in total. The van der Waals surface area contributed by atoms with Gasteiger partial charge in [0.15, 0.2) is 0 Å². The van der Waals surface area contributed by atoms with E-state index in [1.54, 1.807) is 37.5 Å². The largest absolute Gasteiger partial charge is 0.481 e. The highest BCUT2D eigenvalue weighted by atomic mass is 19.4. The van der Waals surface area contributed by atoms with E-state index < -0.39 is 17.8 Å². The third-order valence-corrected chi connectivity index (χ3v) is 3.78. The first kappa shape index (κ1) is 16.1. The number of hydrogen-bond donors (Lipinski definition) is 2. The molecule has 0 saturated heterocycles. The van der Waals surface area contributed by atoms with Crippen LogP contribution in [0, 0.1) is 0 Å². The van der Waals surface area contributed by atoms with Crippen LogP contribution in [-0.4, -0.2) is 25.8 Å². The summed E-state index contributed by atoms with van der Waals surface area (Å²) in [6.45, 7) is 1.73. The zero-order chi connectivity index (χ0) is 17.5. The van der Waals surface area contributed by atoms with Crippen molar-refractivity contribution in [2.45, 2.75) is 25.6 Å². The van der Waals surface area contributed by atoms with E-state index in [1.165, 1.54) is 4.68 Å². The average molecular weight is 337 g/mol. The van der Waals surface area contributed by atoms with Crippen molar-refractivity contribution >= 4 is 16.9 Å². The first-order chi connectivity index (χ1) is 11.2. The summed E-state index contributed by atoms with van der Waals surface area (Å²) in [5, 5.41) is 13.4. The number of carbonyl (C=O) groups is 1. The number of alkyl halides is 3. The van der Waals surface area contributed by atoms with E-state index in [-0.39, 0.29) is 12.5 Å². The summed E-state index contributed by atoms with van der Waals surface area (Å²) in [6.07, 6.45) is -1.23. The number of H-pyrrole nitrogens is 1. The van der Waals surface area contributed by atoms with Crippen molar-refractivity contribution in [2.75, 3.05) is 0 Å². The van der Waals surface area contributed by atoms with Gasteiger partial charge in [-0.15, -0.1) is 0 Å². The number of halogens is 3. The zero-order valence-corrected chi connectivity index (χ0v) is 12.6. The number of fused-ring (bicyclic) bond motifs is 1. The van der Waals surface area contributed by atoms with Crippen molar-refractivity contribution in [3.63, 3.8) is 0 Å². The normalized spacial score (nSPS) is 13.3. The predicted octanol–water partition coefficient (Wildman–Crippen LogP) is 4.09. The highest BCUT2D eigenvalue weighted by molar-refractivity contribution is 5.85. The van der Waals surface area contributed by atoms with E-state index in [0.717, 1.165) is 6.07 Å². The Morgan fingerprint density at radius 2 is 2.08 bits per heavy atom. The summed E-state index contributed by atoms with van der Waals surface area (Å²) in [6, 6.07) is 5.67. The minimum absolute atomic E-state index is 0.0626. The molecule has 0 spiro atoms. The van der Waals surface area contributed by atoms with E-state index in [2.05, 4.69) is 10.1 Å². The minimum atomic E-state index is -4.42. The summed E-state index contributed by atoms with van der Waals surface area (Å²) in [4.78, 5) is 13.1. The number of nitrogens with zero attached hydrogens (tertiary/aromatic N) is 2. The molecule has 2 heterocycles. The van der Waals surface area contributed by atoms with Crippen LogP contribution in [0.5, 0.6) is 0 Å². The summed E-state index contributed by atoms with van der Waals surface area (Å²) < 4.78 is 39.8. The van der Waals surface area contributed by atoms with Gasteiger partial charge in [0.1, 0.15) is 5.69 Å². The van der Waals surface area contributed by atoms with Crippen molar-refractivity contribution in [2.24, 2.45) is 0 Å². The molecule has 8 heteroatoms. The lowest BCUT2D eigenvalue weighted by Gasteiger charge is -2.08. The Hall–Kier alpha value is -2.77. The summed E-state index contributed by atoms with van der Waals surface area (Å²) in [7, 11) is 0. The number of aromatic amines is 1. The van der Waals surface area contributed by atoms with Crippen molar-refractivity contribution in [1.82, 2.24) is 14.8 Å². The molecule has 1 unspecified atom stereocenters. The second-order valence-corrected chi connectivity index (χ2v) is 5.64. The van der Waals surface area contributed by atoms with Gasteiger partial charge in [0.05, 0.1) is 18.7 Å². The van der Waals surface area contributed by atoms with Crippen LogP contribution in [0.3, 0.4) is 0 Å². The molecule has 0 aliphatic carbocycles. The molecule has 0 saturated carbocycles. The fourth-order valence-corrected chi connectivity index (χ4v) is 2.54. The fourth-order valence-electron chi connectivity index (χ4n) is 2.54. The molecule has 3 aromatic rings. The SMILES string of the molecule is CC(CC(=O)O)n1cc(-c2ccc3[nH]c(C(F)(F)F)cc3c2)cn1. The van der Waals surface area contributed by atoms with Crippen molar-refractivity contribution in [3.05, 3.63) is 42.4 Å². The fraction of sp³-hybridized carbons (Fsp3) is 0.250. The maximum atomic E-state index is 12.8. The van der Waals surface area contributed by atoms with Gasteiger partial charge in [0.25, 0.3) is 0 Å². The lowest BCUT2D eigenvalue weighted by molar-refractivity contribution is -0.140. The van der Waals surface area contributed by atoms with Gasteiger partial charge in [-0.2, -0.15) is 18.3 Å². The van der Waals surface area contributed by atoms with Crippen molar-refractivity contribution in [3.8, 4) is 11.1 Å². The predicted molar refractivity (Wildman–Crippen MR) is 81.5 cm³/mol. The zero-order valence-electron chi connectivity index (χ0n) is 12.6. The quantitative estimate of drug-likeness (QED) is 0.753. The Morgan fingerprint density at radius 3 is 2.75 bits per heavy atom. The molecule has 1 aromatic carbocycles. The van der Waals surface area contributed by atoms with Gasteiger partial charge in [-0.05, 0) is 30.7 Å². The van der Waals surface area contributed by atoms with Gasteiger partial charge < -0.3 is 10.1 Å². The van der Waals surface area contributed by atoms with Gasteiger partial charge in [0, 0.05) is 22.7 Å². The smallest absolute Gasteiger partial charge is 0.431 e. The van der Waals surface area contributed by atoms with E-state index >= 15 is 0 Å². The molecular weight excluding hydrogens is 323 g/mol. The van der Waals surface area contributed by atoms with E-state index in [9.17, 15) is 18.0 Å². The molecule has 24 heavy (non-hydrogen) atoms. The third kappa shape index (κ3) is 3.12. The molecule has 0 aliphatic rings. The van der Waals surface area contributed by atoms with Gasteiger partial charge in [-0.3, -0.25) is 9.48 Å². The maximum absolute atomic E-state index is 12.8. The molecular formula is C16H14F3N3O2. The third-order valence-electron chi connectivity index (χ3n) is 3.78. The standard InChI is InChI=1S/C16H14F3N3O2/c1-9(4-15(23)24)22-8-12(7-20-22)10-2-3-13-11(5-10)6-14(21-13)16(17,18)19/h2-3,5-9,21H,4H2,1H3,(H,23,24). The average Bonchev–Trinajstić information content (AvgIpc) is 3.12. The first-order valence-electron chi connectivity index (χ1n) is 7.20. The summed E-state index contributed by atoms with van der Waals surface area (Å²) >= 11 is 0. The maximum Gasteiger partial charge on any atom is 0.431 e. The highest BCUT2D eigenvalue weighted by Gasteiger charge is 2.32. The minimum Gasteiger partial charge on any atom is -0.481 e. The number of benzene rings is 1. The number of nitrogens with one attached hydrogen (secondary N) is 1. The Bertz CT molecular complexity index is 895. The van der Waals surface area contributed by atoms with Crippen LogP contribution in [0.1, 0.15) is 25.1 Å². The second-order valence-electron chi connectivity index (χ2n) is 5.64. The lowest BCUT2D eigenvalue weighted by Crippen LogP contribution is -2.10. The number of hydrogen-bond acceptors (Lipinski definition) is 2. The Balaban J connectivity index is 1.92. The molecule has 0 fully saturated rings. The summed E-state index contributed by atoms with van der Waals surface area (Å²) in [5.74, 6) is -0.923. The lowest BCUT2D eigenvalue weighted by atomic mass is 10.1. The number of aliphatic carboxylic acids is 1. The Kier molecular flexibility index (Phi) is 3.82. The molecule has 1 atom stereocenters. The number of carboxylic acids is 1. The summed E-state index contributed by atoms with van der Waals surface area (Å²) in [5.41, 5.74) is 1.03. The monoisotopic (exact) mass is 337 g/mol. The molecule has 0 amide bonds. The highest BCUT2D eigenvalue weighted by Crippen LogP contribution is 2.32. The van der Waals surface area contributed by atoms with Gasteiger partial charge in [-0.1, -0.05) is 6.07 Å². The van der Waals surface area contributed by atoms with Crippen LogP contribution >= 0.6 is 0 Å². The first-order valence-corrected chi connectivity index (χ1v) is 7.20. The van der Waals surface area contributed by atoms with Crippen LogP contribution in [0.25, 0.3) is 22.0 Å². The van der Waals surface area contributed by atoms with Crippen molar-refractivity contribution < 1.29 is 23.1 Å². The molecule has 2 N–H and O–H groups in total. The van der Waals surface area contributed by atoms with Gasteiger partial charge >= 0.3 is 12.1 Å². The van der Waals surface area contributed by atoms with Crippen LogP contribution in [0.2, 0.25) is 0 Å². The van der Waals surface area contributed by atoms with Crippen LogP contribution in [0.15, 0.2) is 36.7 Å². The van der Waals surface area contributed by atoms with E-state index in [4.69, 9.17) is 5.11 Å². The Morgan fingerprint density at radius 1 is 1.33 bits per heavy atom. The molecule has 2 aromatic heterocycles. The number of aromatic nitrogens is 3. The number of rotatable bonds is 4. The Labute approximate surface area is 134 Å². The second kappa shape index (κ2) is 5.70. The van der Waals surface area contributed by atoms with Gasteiger partial charge in [-0.25, -0.2) is 0 Å². The van der Waals surface area contributed by atoms with E-state index in [0.29, 0.717) is 22.0 Å².